The van der Waals surface area contributed by atoms with Crippen LogP contribution in [0.25, 0.3) is 0 Å². The summed E-state index contributed by atoms with van der Waals surface area (Å²) < 4.78 is 0. The van der Waals surface area contributed by atoms with Gasteiger partial charge in [0.25, 0.3) is 0 Å². The maximum absolute atomic E-state index is 11.3. The first kappa shape index (κ1) is 7.63. The molecule has 0 amide bonds. The predicted molar refractivity (Wildman–Crippen MR) is 45.0 cm³/mol. The van der Waals surface area contributed by atoms with E-state index in [2.05, 4.69) is 0 Å². The Kier molecular flexibility index (Phi) is 1.73. The SMILES string of the molecule is O=C1[C@@H](Cl)[C@@H]2C=C[C@H](C2)[C@H]1Cl. The van der Waals surface area contributed by atoms with Crippen molar-refractivity contribution in [1.82, 2.24) is 0 Å². The van der Waals surface area contributed by atoms with E-state index in [0.29, 0.717) is 0 Å². The molecule has 2 aliphatic carbocycles. The molecule has 0 unspecified atom stereocenters. The minimum atomic E-state index is -0.382. The Morgan fingerprint density at radius 1 is 1.18 bits per heavy atom. The molecule has 1 nitrogen and oxygen atoms in total. The van der Waals surface area contributed by atoms with E-state index < -0.39 is 0 Å². The molecule has 11 heavy (non-hydrogen) atoms. The molecule has 3 heteroatoms. The number of hydrogen-bond acceptors (Lipinski definition) is 1. The van der Waals surface area contributed by atoms with Gasteiger partial charge in [0.15, 0.2) is 5.78 Å². The molecule has 0 radical (unpaired) electrons. The van der Waals surface area contributed by atoms with Gasteiger partial charge >= 0.3 is 0 Å². The number of allylic oxidation sites excluding steroid dienone is 2. The molecule has 2 aliphatic rings. The molecule has 0 aliphatic heterocycles. The van der Waals surface area contributed by atoms with Crippen LogP contribution < -0.4 is 0 Å². The lowest BCUT2D eigenvalue weighted by atomic mass is 9.86. The standard InChI is InChI=1S/C8H8Cl2O/c9-6-4-1-2-5(3-4)7(10)8(6)11/h1-2,4-7H,3H2/t4-,5-,6-,7+/m1/s1. The molecule has 0 heterocycles. The maximum atomic E-state index is 11.3. The van der Waals surface area contributed by atoms with Crippen LogP contribution in [0.3, 0.4) is 0 Å². The Hall–Kier alpha value is -0.0100. The van der Waals surface area contributed by atoms with E-state index in [1.54, 1.807) is 0 Å². The summed E-state index contributed by atoms with van der Waals surface area (Å²) in [6.07, 6.45) is 4.99. The van der Waals surface area contributed by atoms with Crippen molar-refractivity contribution >= 4 is 29.0 Å². The summed E-state index contributed by atoms with van der Waals surface area (Å²) >= 11 is 11.7. The van der Waals surface area contributed by atoms with E-state index in [4.69, 9.17) is 23.2 Å². The summed E-state index contributed by atoms with van der Waals surface area (Å²) in [5.74, 6) is 0.480. The third-order valence-corrected chi connectivity index (χ3v) is 3.52. The number of Topliss-reactive ketones (excluding diaryl/α,β-unsaturated/α-hetero) is 1. The Morgan fingerprint density at radius 3 is 2.09 bits per heavy atom. The van der Waals surface area contributed by atoms with Crippen molar-refractivity contribution in [2.75, 3.05) is 0 Å². The minimum Gasteiger partial charge on any atom is -0.296 e. The van der Waals surface area contributed by atoms with Crippen molar-refractivity contribution in [1.29, 1.82) is 0 Å². The number of rotatable bonds is 0. The Labute approximate surface area is 75.4 Å². The number of ketones is 1. The van der Waals surface area contributed by atoms with Crippen molar-refractivity contribution in [2.24, 2.45) is 11.8 Å². The van der Waals surface area contributed by atoms with Crippen LogP contribution in [0.1, 0.15) is 6.42 Å². The van der Waals surface area contributed by atoms with Gasteiger partial charge in [0.05, 0.1) is 10.8 Å². The Bertz CT molecular complexity index is 204. The highest BCUT2D eigenvalue weighted by Gasteiger charge is 2.42. The molecule has 0 N–H and O–H groups in total. The largest absolute Gasteiger partial charge is 0.296 e. The molecule has 2 rings (SSSR count). The molecular weight excluding hydrogens is 183 g/mol. The van der Waals surface area contributed by atoms with E-state index in [9.17, 15) is 4.79 Å². The van der Waals surface area contributed by atoms with Gasteiger partial charge in [-0.25, -0.2) is 0 Å². The number of fused-ring (bicyclic) bond motifs is 2. The highest BCUT2D eigenvalue weighted by atomic mass is 35.5. The lowest BCUT2D eigenvalue weighted by Gasteiger charge is -2.26. The summed E-state index contributed by atoms with van der Waals surface area (Å²) in [5, 5.41) is -0.764. The second kappa shape index (κ2) is 2.49. The molecule has 2 bridgehead atoms. The number of carbonyl (C=O) groups is 1. The molecule has 0 aromatic rings. The topological polar surface area (TPSA) is 17.1 Å². The van der Waals surface area contributed by atoms with Crippen LogP contribution in [0, 0.1) is 11.8 Å². The van der Waals surface area contributed by atoms with Crippen LogP contribution in [-0.4, -0.2) is 16.5 Å². The quantitative estimate of drug-likeness (QED) is 0.422. The van der Waals surface area contributed by atoms with Crippen LogP contribution in [0.2, 0.25) is 0 Å². The number of carbonyl (C=O) groups excluding carboxylic acids is 1. The third-order valence-electron chi connectivity index (χ3n) is 2.45. The van der Waals surface area contributed by atoms with Gasteiger partial charge in [-0.1, -0.05) is 12.2 Å². The summed E-state index contributed by atoms with van der Waals surface area (Å²) in [6, 6.07) is 0. The minimum absolute atomic E-state index is 0.000386. The second-order valence-corrected chi connectivity index (χ2v) is 4.09. The summed E-state index contributed by atoms with van der Waals surface area (Å²) in [5.41, 5.74) is 0. The first-order valence-corrected chi connectivity index (χ1v) is 4.57. The normalized spacial score (nSPS) is 48.4. The second-order valence-electron chi connectivity index (χ2n) is 3.15. The zero-order valence-corrected chi connectivity index (χ0v) is 7.35. The smallest absolute Gasteiger partial charge is 0.169 e. The van der Waals surface area contributed by atoms with Crippen LogP contribution in [-0.2, 0) is 4.79 Å². The number of alkyl halides is 2. The third kappa shape index (κ3) is 1.02. The predicted octanol–water partition coefficient (Wildman–Crippen LogP) is 1.98. The number of halogens is 2. The fraction of sp³-hybridized carbons (Fsp3) is 0.625. The van der Waals surface area contributed by atoms with Crippen LogP contribution in [0.15, 0.2) is 12.2 Å². The van der Waals surface area contributed by atoms with E-state index >= 15 is 0 Å². The molecule has 1 fully saturated rings. The van der Waals surface area contributed by atoms with Crippen LogP contribution >= 0.6 is 23.2 Å². The van der Waals surface area contributed by atoms with E-state index in [0.717, 1.165) is 6.42 Å². The van der Waals surface area contributed by atoms with Gasteiger partial charge in [0.1, 0.15) is 0 Å². The number of hydrogen-bond donors (Lipinski definition) is 0. The Balaban J connectivity index is 2.29. The summed E-state index contributed by atoms with van der Waals surface area (Å²) in [6.45, 7) is 0. The van der Waals surface area contributed by atoms with Crippen molar-refractivity contribution in [3.63, 3.8) is 0 Å². The van der Waals surface area contributed by atoms with Crippen molar-refractivity contribution in [3.05, 3.63) is 12.2 Å². The van der Waals surface area contributed by atoms with E-state index in [1.807, 2.05) is 12.2 Å². The summed E-state index contributed by atoms with van der Waals surface area (Å²) in [4.78, 5) is 11.3. The average Bonchev–Trinajstić information content (AvgIpc) is 2.44. The molecule has 0 aromatic heterocycles. The first-order chi connectivity index (χ1) is 5.20. The molecule has 4 atom stereocenters. The molecule has 0 aromatic carbocycles. The van der Waals surface area contributed by atoms with E-state index in [-0.39, 0.29) is 28.4 Å². The molecule has 1 saturated carbocycles. The molecule has 0 spiro atoms. The fourth-order valence-corrected chi connectivity index (χ4v) is 2.47. The lowest BCUT2D eigenvalue weighted by Crippen LogP contribution is -2.38. The maximum Gasteiger partial charge on any atom is 0.169 e. The molecular formula is C8H8Cl2O. The zero-order valence-electron chi connectivity index (χ0n) is 5.84. The molecule has 60 valence electrons. The summed E-state index contributed by atoms with van der Waals surface area (Å²) in [7, 11) is 0. The van der Waals surface area contributed by atoms with Crippen molar-refractivity contribution in [2.45, 2.75) is 17.2 Å². The lowest BCUT2D eigenvalue weighted by molar-refractivity contribution is -0.120. The van der Waals surface area contributed by atoms with E-state index in [1.165, 1.54) is 0 Å². The van der Waals surface area contributed by atoms with Gasteiger partial charge in [-0.05, 0) is 6.42 Å². The van der Waals surface area contributed by atoms with Gasteiger partial charge in [0.2, 0.25) is 0 Å². The monoisotopic (exact) mass is 190 g/mol. The van der Waals surface area contributed by atoms with Crippen LogP contribution in [0.5, 0.6) is 0 Å². The van der Waals surface area contributed by atoms with Gasteiger partial charge in [0, 0.05) is 11.8 Å². The highest BCUT2D eigenvalue weighted by Crippen LogP contribution is 2.39. The highest BCUT2D eigenvalue weighted by molar-refractivity contribution is 6.41. The molecule has 0 saturated heterocycles. The van der Waals surface area contributed by atoms with Crippen molar-refractivity contribution in [3.8, 4) is 0 Å². The van der Waals surface area contributed by atoms with Gasteiger partial charge in [-0.15, -0.1) is 23.2 Å². The van der Waals surface area contributed by atoms with Crippen LogP contribution in [0.4, 0.5) is 0 Å². The van der Waals surface area contributed by atoms with Gasteiger partial charge in [-0.3, -0.25) is 4.79 Å². The van der Waals surface area contributed by atoms with Crippen molar-refractivity contribution < 1.29 is 4.79 Å². The first-order valence-electron chi connectivity index (χ1n) is 3.70. The van der Waals surface area contributed by atoms with Gasteiger partial charge in [-0.2, -0.15) is 0 Å². The zero-order chi connectivity index (χ0) is 8.01. The fourth-order valence-electron chi connectivity index (χ4n) is 1.76. The Morgan fingerprint density at radius 2 is 1.64 bits per heavy atom. The van der Waals surface area contributed by atoms with Gasteiger partial charge < -0.3 is 0 Å². The average molecular weight is 191 g/mol.